The molecular formula is C13H9ClF3NO2S. The van der Waals surface area contributed by atoms with Crippen LogP contribution in [0.5, 0.6) is 0 Å². The van der Waals surface area contributed by atoms with Crippen molar-refractivity contribution in [1.82, 2.24) is 0 Å². The number of hydrogen-bond donors (Lipinski definition) is 2. The van der Waals surface area contributed by atoms with Gasteiger partial charge in [-0.1, -0.05) is 11.6 Å². The number of nitrogens with one attached hydrogen (secondary N) is 1. The van der Waals surface area contributed by atoms with Gasteiger partial charge in [0.1, 0.15) is 4.88 Å². The Hall–Kier alpha value is -1.73. The van der Waals surface area contributed by atoms with E-state index in [-0.39, 0.29) is 22.1 Å². The largest absolute Gasteiger partial charge is 0.477 e. The molecule has 0 spiro atoms. The van der Waals surface area contributed by atoms with Gasteiger partial charge < -0.3 is 10.4 Å². The van der Waals surface area contributed by atoms with Gasteiger partial charge in [0.25, 0.3) is 0 Å². The molecule has 0 saturated carbocycles. The number of carboxylic acids is 1. The molecular weight excluding hydrogens is 327 g/mol. The third-order valence-electron chi connectivity index (χ3n) is 2.61. The van der Waals surface area contributed by atoms with Gasteiger partial charge in [0.05, 0.1) is 5.56 Å². The number of rotatable bonds is 4. The summed E-state index contributed by atoms with van der Waals surface area (Å²) in [6.07, 6.45) is -4.52. The lowest BCUT2D eigenvalue weighted by Gasteiger charge is -2.14. The number of halogens is 4. The first-order valence-electron chi connectivity index (χ1n) is 5.70. The molecule has 2 aromatic rings. The van der Waals surface area contributed by atoms with Crippen molar-refractivity contribution in [2.24, 2.45) is 0 Å². The molecule has 0 saturated heterocycles. The summed E-state index contributed by atoms with van der Waals surface area (Å²) in [6, 6.07) is 6.43. The van der Waals surface area contributed by atoms with Crippen LogP contribution >= 0.6 is 22.9 Å². The number of anilines is 1. The van der Waals surface area contributed by atoms with Crippen molar-refractivity contribution in [3.8, 4) is 0 Å². The van der Waals surface area contributed by atoms with Crippen molar-refractivity contribution < 1.29 is 23.1 Å². The van der Waals surface area contributed by atoms with Gasteiger partial charge >= 0.3 is 12.1 Å². The maximum Gasteiger partial charge on any atom is 0.418 e. The Labute approximate surface area is 127 Å². The first-order valence-corrected chi connectivity index (χ1v) is 6.89. The Kier molecular flexibility index (Phi) is 4.43. The van der Waals surface area contributed by atoms with Gasteiger partial charge in [-0.3, -0.25) is 0 Å². The lowest BCUT2D eigenvalue weighted by atomic mass is 10.1. The molecule has 0 unspecified atom stereocenters. The van der Waals surface area contributed by atoms with E-state index in [0.29, 0.717) is 4.88 Å². The quantitative estimate of drug-likeness (QED) is 0.849. The number of alkyl halides is 3. The summed E-state index contributed by atoms with van der Waals surface area (Å²) in [7, 11) is 0. The summed E-state index contributed by atoms with van der Waals surface area (Å²) in [5.41, 5.74) is -0.956. The molecule has 2 rings (SSSR count). The fourth-order valence-corrected chi connectivity index (χ4v) is 2.63. The number of carbonyl (C=O) groups is 1. The third kappa shape index (κ3) is 3.89. The first kappa shape index (κ1) is 15.7. The molecule has 0 aliphatic rings. The van der Waals surface area contributed by atoms with Crippen LogP contribution in [0.3, 0.4) is 0 Å². The second kappa shape index (κ2) is 5.95. The van der Waals surface area contributed by atoms with E-state index in [2.05, 4.69) is 5.32 Å². The van der Waals surface area contributed by atoms with Gasteiger partial charge in [-0.2, -0.15) is 13.2 Å². The summed E-state index contributed by atoms with van der Waals surface area (Å²) in [4.78, 5) is 11.5. The lowest BCUT2D eigenvalue weighted by molar-refractivity contribution is -0.136. The average Bonchev–Trinajstić information content (AvgIpc) is 2.85. The molecule has 0 bridgehead atoms. The van der Waals surface area contributed by atoms with Crippen LogP contribution in [-0.2, 0) is 12.7 Å². The fourth-order valence-electron chi connectivity index (χ4n) is 1.68. The van der Waals surface area contributed by atoms with Crippen LogP contribution in [0.2, 0.25) is 5.02 Å². The summed E-state index contributed by atoms with van der Waals surface area (Å²) in [5, 5.41) is 11.4. The zero-order chi connectivity index (χ0) is 15.6. The number of carboxylic acid groups (broad SMARTS) is 1. The Morgan fingerprint density at radius 2 is 2.00 bits per heavy atom. The Bertz CT molecular complexity index is 670. The normalized spacial score (nSPS) is 11.4. The third-order valence-corrected chi connectivity index (χ3v) is 3.92. The van der Waals surface area contributed by atoms with E-state index >= 15 is 0 Å². The molecule has 8 heteroatoms. The van der Waals surface area contributed by atoms with Gasteiger partial charge in [0, 0.05) is 22.1 Å². The second-order valence-corrected chi connectivity index (χ2v) is 5.72. The Morgan fingerprint density at radius 3 is 2.57 bits per heavy atom. The molecule has 0 amide bonds. The molecule has 1 heterocycles. The van der Waals surface area contributed by atoms with E-state index in [9.17, 15) is 18.0 Å². The zero-order valence-corrected chi connectivity index (χ0v) is 11.9. The van der Waals surface area contributed by atoms with Crippen LogP contribution in [0.1, 0.15) is 20.1 Å². The van der Waals surface area contributed by atoms with Crippen molar-refractivity contribution in [3.63, 3.8) is 0 Å². The highest BCUT2D eigenvalue weighted by atomic mass is 35.5. The van der Waals surface area contributed by atoms with Gasteiger partial charge in [-0.05, 0) is 30.3 Å². The van der Waals surface area contributed by atoms with Crippen molar-refractivity contribution in [3.05, 3.63) is 50.7 Å². The van der Waals surface area contributed by atoms with Crippen molar-refractivity contribution >= 4 is 34.6 Å². The lowest BCUT2D eigenvalue weighted by Crippen LogP contribution is -2.10. The van der Waals surface area contributed by atoms with Crippen LogP contribution in [-0.4, -0.2) is 11.1 Å². The Balaban J connectivity index is 2.18. The van der Waals surface area contributed by atoms with E-state index in [1.54, 1.807) is 6.07 Å². The van der Waals surface area contributed by atoms with Crippen LogP contribution in [0, 0.1) is 0 Å². The van der Waals surface area contributed by atoms with E-state index in [1.165, 1.54) is 18.2 Å². The van der Waals surface area contributed by atoms with Crippen LogP contribution in [0.15, 0.2) is 30.3 Å². The molecule has 0 radical (unpaired) electrons. The van der Waals surface area contributed by atoms with Gasteiger partial charge in [-0.25, -0.2) is 4.79 Å². The Morgan fingerprint density at radius 1 is 1.29 bits per heavy atom. The van der Waals surface area contributed by atoms with Crippen LogP contribution < -0.4 is 5.32 Å². The maximum absolute atomic E-state index is 12.9. The minimum atomic E-state index is -4.52. The highest BCUT2D eigenvalue weighted by Gasteiger charge is 2.33. The van der Waals surface area contributed by atoms with E-state index in [0.717, 1.165) is 17.4 Å². The predicted octanol–water partition coefficient (Wildman–Crippen LogP) is 4.73. The van der Waals surface area contributed by atoms with Crippen molar-refractivity contribution in [1.29, 1.82) is 0 Å². The minimum absolute atomic E-state index is 0.00263. The highest BCUT2D eigenvalue weighted by molar-refractivity contribution is 7.13. The SMILES string of the molecule is O=C(O)c1ccc(CNc2ccc(Cl)cc2C(F)(F)F)s1. The molecule has 1 aromatic heterocycles. The second-order valence-electron chi connectivity index (χ2n) is 4.11. The first-order chi connectivity index (χ1) is 9.77. The number of thiophene rings is 1. The fraction of sp³-hybridized carbons (Fsp3) is 0.154. The summed E-state index contributed by atoms with van der Waals surface area (Å²) in [6.45, 7) is 0.0999. The molecule has 3 nitrogen and oxygen atoms in total. The number of benzene rings is 1. The summed E-state index contributed by atoms with van der Waals surface area (Å²) >= 11 is 6.59. The van der Waals surface area contributed by atoms with E-state index in [1.807, 2.05) is 0 Å². The summed E-state index contributed by atoms with van der Waals surface area (Å²) < 4.78 is 38.7. The maximum atomic E-state index is 12.9. The number of hydrogen-bond acceptors (Lipinski definition) is 3. The van der Waals surface area contributed by atoms with Gasteiger partial charge in [0.2, 0.25) is 0 Å². The van der Waals surface area contributed by atoms with Gasteiger partial charge in [0.15, 0.2) is 0 Å². The monoisotopic (exact) mass is 335 g/mol. The molecule has 0 atom stereocenters. The molecule has 0 fully saturated rings. The number of aromatic carboxylic acids is 1. The topological polar surface area (TPSA) is 49.3 Å². The van der Waals surface area contributed by atoms with Crippen LogP contribution in [0.4, 0.5) is 18.9 Å². The minimum Gasteiger partial charge on any atom is -0.477 e. The van der Waals surface area contributed by atoms with Crippen LogP contribution in [0.25, 0.3) is 0 Å². The highest BCUT2D eigenvalue weighted by Crippen LogP contribution is 2.36. The van der Waals surface area contributed by atoms with Gasteiger partial charge in [-0.15, -0.1) is 11.3 Å². The molecule has 21 heavy (non-hydrogen) atoms. The van der Waals surface area contributed by atoms with E-state index < -0.39 is 17.7 Å². The molecule has 0 aliphatic heterocycles. The van der Waals surface area contributed by atoms with Crippen molar-refractivity contribution in [2.75, 3.05) is 5.32 Å². The predicted molar refractivity (Wildman–Crippen MR) is 75.1 cm³/mol. The summed E-state index contributed by atoms with van der Waals surface area (Å²) in [5.74, 6) is -1.06. The average molecular weight is 336 g/mol. The molecule has 1 aromatic carbocycles. The molecule has 0 aliphatic carbocycles. The van der Waals surface area contributed by atoms with Crippen molar-refractivity contribution in [2.45, 2.75) is 12.7 Å². The standard InChI is InChI=1S/C13H9ClF3NO2S/c14-7-1-3-10(9(5-7)13(15,16)17)18-6-8-2-4-11(21-8)12(19)20/h1-5,18H,6H2,(H,19,20). The molecule has 112 valence electrons. The van der Waals surface area contributed by atoms with E-state index in [4.69, 9.17) is 16.7 Å². The molecule has 2 N–H and O–H groups in total. The zero-order valence-electron chi connectivity index (χ0n) is 10.4. The smallest absolute Gasteiger partial charge is 0.418 e.